The lowest BCUT2D eigenvalue weighted by Crippen LogP contribution is -2.43. The number of amides is 1. The van der Waals surface area contributed by atoms with Gasteiger partial charge in [-0.2, -0.15) is 0 Å². The molecular weight excluding hydrogens is 264 g/mol. The first kappa shape index (κ1) is 17.9. The Kier molecular flexibility index (Phi) is 9.21. The Morgan fingerprint density at radius 3 is 2.58 bits per heavy atom. The van der Waals surface area contributed by atoms with Crippen LogP contribution >= 0.6 is 12.4 Å². The summed E-state index contributed by atoms with van der Waals surface area (Å²) >= 11 is 0. The van der Waals surface area contributed by atoms with Gasteiger partial charge in [-0.25, -0.2) is 0 Å². The highest BCUT2D eigenvalue weighted by atomic mass is 35.5. The number of rotatable bonds is 7. The van der Waals surface area contributed by atoms with Gasteiger partial charge in [0.25, 0.3) is 0 Å². The van der Waals surface area contributed by atoms with E-state index in [0.29, 0.717) is 25.5 Å². The molecule has 2 unspecified atom stereocenters. The maximum atomic E-state index is 11.8. The topological polar surface area (TPSA) is 64.3 Å². The minimum absolute atomic E-state index is 0. The molecule has 0 saturated heterocycles. The average molecular weight is 287 g/mol. The van der Waals surface area contributed by atoms with Gasteiger partial charge in [-0.3, -0.25) is 4.79 Å². The predicted octanol–water partition coefficient (Wildman–Crippen LogP) is 1.38. The SMILES string of the molecule is COCC(C)CNC(=O)C(N)Cc1ccccc1.Cl. The van der Waals surface area contributed by atoms with E-state index in [0.717, 1.165) is 5.56 Å². The number of hydrogen-bond donors (Lipinski definition) is 2. The van der Waals surface area contributed by atoms with Crippen LogP contribution in [0.5, 0.6) is 0 Å². The summed E-state index contributed by atoms with van der Waals surface area (Å²) < 4.78 is 5.01. The molecule has 4 nitrogen and oxygen atoms in total. The first-order chi connectivity index (χ1) is 8.63. The van der Waals surface area contributed by atoms with Crippen LogP contribution in [0.1, 0.15) is 12.5 Å². The Labute approximate surface area is 121 Å². The number of methoxy groups -OCH3 is 1. The molecule has 0 aromatic heterocycles. The van der Waals surface area contributed by atoms with E-state index in [4.69, 9.17) is 10.5 Å². The summed E-state index contributed by atoms with van der Waals surface area (Å²) in [5.41, 5.74) is 6.94. The first-order valence-electron chi connectivity index (χ1n) is 6.19. The number of hydrogen-bond acceptors (Lipinski definition) is 3. The van der Waals surface area contributed by atoms with E-state index < -0.39 is 6.04 Å². The highest BCUT2D eigenvalue weighted by molar-refractivity contribution is 5.85. The van der Waals surface area contributed by atoms with Crippen molar-refractivity contribution in [2.24, 2.45) is 11.7 Å². The fraction of sp³-hybridized carbons (Fsp3) is 0.500. The molecule has 1 aromatic carbocycles. The van der Waals surface area contributed by atoms with Crippen molar-refractivity contribution in [3.05, 3.63) is 35.9 Å². The Morgan fingerprint density at radius 1 is 1.37 bits per heavy atom. The lowest BCUT2D eigenvalue weighted by atomic mass is 10.1. The number of nitrogens with one attached hydrogen (secondary N) is 1. The lowest BCUT2D eigenvalue weighted by Gasteiger charge is -2.15. The fourth-order valence-corrected chi connectivity index (χ4v) is 1.71. The van der Waals surface area contributed by atoms with E-state index >= 15 is 0 Å². The molecule has 2 atom stereocenters. The van der Waals surface area contributed by atoms with E-state index in [9.17, 15) is 4.79 Å². The highest BCUT2D eigenvalue weighted by Crippen LogP contribution is 2.02. The highest BCUT2D eigenvalue weighted by Gasteiger charge is 2.14. The van der Waals surface area contributed by atoms with Gasteiger partial charge < -0.3 is 15.8 Å². The van der Waals surface area contributed by atoms with Gasteiger partial charge in [-0.15, -0.1) is 12.4 Å². The molecule has 0 saturated carbocycles. The van der Waals surface area contributed by atoms with Gasteiger partial charge in [0.1, 0.15) is 0 Å². The van der Waals surface area contributed by atoms with Crippen LogP contribution < -0.4 is 11.1 Å². The van der Waals surface area contributed by atoms with Gasteiger partial charge in [-0.1, -0.05) is 37.3 Å². The van der Waals surface area contributed by atoms with Crippen molar-refractivity contribution in [3.8, 4) is 0 Å². The second-order valence-corrected chi connectivity index (χ2v) is 4.60. The van der Waals surface area contributed by atoms with Crippen molar-refractivity contribution in [3.63, 3.8) is 0 Å². The van der Waals surface area contributed by atoms with Crippen LogP contribution in [0.4, 0.5) is 0 Å². The molecule has 0 spiro atoms. The van der Waals surface area contributed by atoms with Crippen molar-refractivity contribution < 1.29 is 9.53 Å². The van der Waals surface area contributed by atoms with E-state index in [1.807, 2.05) is 37.3 Å². The second-order valence-electron chi connectivity index (χ2n) is 4.60. The Hall–Kier alpha value is -1.10. The minimum Gasteiger partial charge on any atom is -0.384 e. The van der Waals surface area contributed by atoms with Crippen molar-refractivity contribution in [2.75, 3.05) is 20.3 Å². The molecule has 108 valence electrons. The first-order valence-corrected chi connectivity index (χ1v) is 6.19. The third-order valence-electron chi connectivity index (χ3n) is 2.71. The number of benzene rings is 1. The van der Waals surface area contributed by atoms with Gasteiger partial charge >= 0.3 is 0 Å². The Morgan fingerprint density at radius 2 is 2.00 bits per heavy atom. The van der Waals surface area contributed by atoms with Crippen molar-refractivity contribution in [2.45, 2.75) is 19.4 Å². The van der Waals surface area contributed by atoms with Gasteiger partial charge in [0, 0.05) is 13.7 Å². The van der Waals surface area contributed by atoms with E-state index in [1.54, 1.807) is 7.11 Å². The number of halogens is 1. The standard InChI is InChI=1S/C14H22N2O2.ClH/c1-11(10-18-2)9-16-14(17)13(15)8-12-6-4-3-5-7-12;/h3-7,11,13H,8-10,15H2,1-2H3,(H,16,17);1H. The Balaban J connectivity index is 0.00000324. The zero-order chi connectivity index (χ0) is 13.4. The van der Waals surface area contributed by atoms with Crippen LogP contribution in [-0.4, -0.2) is 32.2 Å². The molecule has 5 heteroatoms. The summed E-state index contributed by atoms with van der Waals surface area (Å²) in [6, 6.07) is 9.28. The van der Waals surface area contributed by atoms with Crippen LogP contribution in [0.15, 0.2) is 30.3 Å². The lowest BCUT2D eigenvalue weighted by molar-refractivity contribution is -0.122. The maximum absolute atomic E-state index is 11.8. The summed E-state index contributed by atoms with van der Waals surface area (Å²) in [7, 11) is 1.65. The zero-order valence-electron chi connectivity index (χ0n) is 11.5. The maximum Gasteiger partial charge on any atom is 0.237 e. The molecule has 0 aliphatic carbocycles. The molecule has 1 aromatic rings. The van der Waals surface area contributed by atoms with Gasteiger partial charge in [0.2, 0.25) is 5.91 Å². The summed E-state index contributed by atoms with van der Waals surface area (Å²) in [4.78, 5) is 11.8. The average Bonchev–Trinajstić information content (AvgIpc) is 2.37. The number of carbonyl (C=O) groups excluding carboxylic acids is 1. The second kappa shape index (κ2) is 9.78. The normalized spacial score (nSPS) is 13.2. The van der Waals surface area contributed by atoms with Gasteiger partial charge in [0.15, 0.2) is 0 Å². The fourth-order valence-electron chi connectivity index (χ4n) is 1.71. The summed E-state index contributed by atoms with van der Waals surface area (Å²) in [6.45, 7) is 3.25. The third kappa shape index (κ3) is 7.15. The van der Waals surface area contributed by atoms with Gasteiger partial charge in [0.05, 0.1) is 12.6 Å². The molecular formula is C14H23ClN2O2. The van der Waals surface area contributed by atoms with E-state index in [-0.39, 0.29) is 18.3 Å². The number of ether oxygens (including phenoxy) is 1. The number of nitrogens with two attached hydrogens (primary N) is 1. The minimum atomic E-state index is -0.498. The molecule has 0 aliphatic heterocycles. The monoisotopic (exact) mass is 286 g/mol. The predicted molar refractivity (Wildman–Crippen MR) is 79.4 cm³/mol. The van der Waals surface area contributed by atoms with Crippen molar-refractivity contribution in [1.29, 1.82) is 0 Å². The van der Waals surface area contributed by atoms with Crippen LogP contribution in [0, 0.1) is 5.92 Å². The molecule has 0 bridgehead atoms. The van der Waals surface area contributed by atoms with Gasteiger partial charge in [-0.05, 0) is 17.9 Å². The van der Waals surface area contributed by atoms with Crippen LogP contribution in [0.3, 0.4) is 0 Å². The quantitative estimate of drug-likeness (QED) is 0.796. The van der Waals surface area contributed by atoms with Crippen LogP contribution in [0.25, 0.3) is 0 Å². The van der Waals surface area contributed by atoms with E-state index in [2.05, 4.69) is 5.32 Å². The molecule has 0 aliphatic rings. The summed E-state index contributed by atoms with van der Waals surface area (Å²) in [5.74, 6) is 0.185. The molecule has 0 heterocycles. The van der Waals surface area contributed by atoms with Crippen molar-refractivity contribution in [1.82, 2.24) is 5.32 Å². The molecule has 1 amide bonds. The molecule has 0 fully saturated rings. The Bertz CT molecular complexity index is 360. The zero-order valence-corrected chi connectivity index (χ0v) is 12.3. The smallest absolute Gasteiger partial charge is 0.237 e. The molecule has 1 rings (SSSR count). The largest absolute Gasteiger partial charge is 0.384 e. The molecule has 0 radical (unpaired) electrons. The summed E-state index contributed by atoms with van der Waals surface area (Å²) in [6.07, 6.45) is 0.561. The number of carbonyl (C=O) groups is 1. The van der Waals surface area contributed by atoms with Crippen LogP contribution in [0.2, 0.25) is 0 Å². The summed E-state index contributed by atoms with van der Waals surface area (Å²) in [5, 5.41) is 2.84. The third-order valence-corrected chi connectivity index (χ3v) is 2.71. The molecule has 19 heavy (non-hydrogen) atoms. The van der Waals surface area contributed by atoms with Crippen molar-refractivity contribution >= 4 is 18.3 Å². The van der Waals surface area contributed by atoms with Crippen LogP contribution in [-0.2, 0) is 16.0 Å². The van der Waals surface area contributed by atoms with E-state index in [1.165, 1.54) is 0 Å². The molecule has 3 N–H and O–H groups in total.